The van der Waals surface area contributed by atoms with Crippen LogP contribution in [-0.2, 0) is 9.59 Å². The summed E-state index contributed by atoms with van der Waals surface area (Å²) in [6.07, 6.45) is 6.84. The van der Waals surface area contributed by atoms with E-state index in [1.54, 1.807) is 6.08 Å². The third-order valence-electron chi connectivity index (χ3n) is 2.12. The lowest BCUT2D eigenvalue weighted by atomic mass is 10.1. The fourth-order valence-corrected chi connectivity index (χ4v) is 1.44. The van der Waals surface area contributed by atoms with E-state index in [0.717, 1.165) is 19.3 Å². The Morgan fingerprint density at radius 2 is 2.46 bits per heavy atom. The van der Waals surface area contributed by atoms with Crippen molar-refractivity contribution in [1.29, 1.82) is 0 Å². The second kappa shape index (κ2) is 4.80. The molecule has 1 fully saturated rings. The van der Waals surface area contributed by atoms with Gasteiger partial charge in [0.15, 0.2) is 5.78 Å². The number of hydrogen-bond acceptors (Lipinski definition) is 2. The first-order valence-corrected chi connectivity index (χ1v) is 4.65. The van der Waals surface area contributed by atoms with Gasteiger partial charge in [0.1, 0.15) is 0 Å². The van der Waals surface area contributed by atoms with Gasteiger partial charge in [0, 0.05) is 12.5 Å². The van der Waals surface area contributed by atoms with Crippen LogP contribution in [0, 0.1) is 0 Å². The van der Waals surface area contributed by atoms with Crippen LogP contribution in [0.3, 0.4) is 0 Å². The van der Waals surface area contributed by atoms with Crippen molar-refractivity contribution < 1.29 is 9.59 Å². The normalized spacial score (nSPS) is 22.2. The maximum Gasteiger partial charge on any atom is 0.220 e. The van der Waals surface area contributed by atoms with Gasteiger partial charge < -0.3 is 5.32 Å². The van der Waals surface area contributed by atoms with E-state index in [9.17, 15) is 9.59 Å². The molecule has 1 amide bonds. The molecule has 3 nitrogen and oxygen atoms in total. The zero-order valence-corrected chi connectivity index (χ0v) is 7.88. The molecule has 0 aromatic rings. The topological polar surface area (TPSA) is 46.2 Å². The molecule has 3 heteroatoms. The highest BCUT2D eigenvalue weighted by atomic mass is 16.2. The van der Waals surface area contributed by atoms with E-state index in [0.29, 0.717) is 12.5 Å². The zero-order valence-electron chi connectivity index (χ0n) is 7.88. The number of nitrogens with one attached hydrogen (secondary N) is 1. The molecule has 13 heavy (non-hydrogen) atoms. The van der Waals surface area contributed by atoms with Crippen LogP contribution >= 0.6 is 0 Å². The van der Waals surface area contributed by atoms with E-state index in [2.05, 4.69) is 5.32 Å². The summed E-state index contributed by atoms with van der Waals surface area (Å²) in [7, 11) is 0. The first kappa shape index (κ1) is 9.96. The molecule has 1 aliphatic rings. The molecule has 1 rings (SSSR count). The highest BCUT2D eigenvalue weighted by molar-refractivity contribution is 5.87. The lowest BCUT2D eigenvalue weighted by molar-refractivity contribution is -0.119. The predicted molar refractivity (Wildman–Crippen MR) is 50.2 cm³/mol. The molecule has 1 N–H and O–H groups in total. The van der Waals surface area contributed by atoms with Crippen molar-refractivity contribution in [3.8, 4) is 0 Å². The van der Waals surface area contributed by atoms with Gasteiger partial charge in [-0.15, -0.1) is 0 Å². The molecule has 0 aliphatic carbocycles. The number of carbonyl (C=O) groups is 2. The number of hydrogen-bond donors (Lipinski definition) is 1. The van der Waals surface area contributed by atoms with Crippen molar-refractivity contribution in [2.45, 2.75) is 38.6 Å². The summed E-state index contributed by atoms with van der Waals surface area (Å²) < 4.78 is 0. The van der Waals surface area contributed by atoms with Crippen LogP contribution in [0.4, 0.5) is 0 Å². The average molecular weight is 181 g/mol. The van der Waals surface area contributed by atoms with Crippen LogP contribution in [0.2, 0.25) is 0 Å². The summed E-state index contributed by atoms with van der Waals surface area (Å²) in [5, 5.41) is 2.88. The van der Waals surface area contributed by atoms with E-state index in [1.165, 1.54) is 6.92 Å². The predicted octanol–water partition coefficient (Wildman–Crippen LogP) is 1.19. The van der Waals surface area contributed by atoms with Crippen molar-refractivity contribution >= 4 is 11.7 Å². The summed E-state index contributed by atoms with van der Waals surface area (Å²) in [6.45, 7) is 1.54. The molecule has 0 spiro atoms. The van der Waals surface area contributed by atoms with Crippen LogP contribution in [-0.4, -0.2) is 17.7 Å². The zero-order chi connectivity index (χ0) is 9.68. The van der Waals surface area contributed by atoms with Gasteiger partial charge in [-0.25, -0.2) is 0 Å². The third kappa shape index (κ3) is 3.87. The molecule has 0 saturated carbocycles. The van der Waals surface area contributed by atoms with Gasteiger partial charge in [-0.3, -0.25) is 9.59 Å². The monoisotopic (exact) mass is 181 g/mol. The van der Waals surface area contributed by atoms with Gasteiger partial charge in [0.05, 0.1) is 0 Å². The second-order valence-electron chi connectivity index (χ2n) is 3.39. The van der Waals surface area contributed by atoms with Crippen molar-refractivity contribution in [2.75, 3.05) is 0 Å². The smallest absolute Gasteiger partial charge is 0.220 e. The maximum absolute atomic E-state index is 10.8. The Balaban J connectivity index is 2.13. The van der Waals surface area contributed by atoms with E-state index in [1.807, 2.05) is 6.08 Å². The highest BCUT2D eigenvalue weighted by Crippen LogP contribution is 2.11. The molecule has 0 bridgehead atoms. The summed E-state index contributed by atoms with van der Waals surface area (Å²) in [5.74, 6) is 0.232. The van der Waals surface area contributed by atoms with E-state index in [-0.39, 0.29) is 11.7 Å². The molecule has 1 atom stereocenters. The Kier molecular flexibility index (Phi) is 3.68. The highest BCUT2D eigenvalue weighted by Gasteiger charge is 2.19. The first-order chi connectivity index (χ1) is 6.18. The van der Waals surface area contributed by atoms with Crippen LogP contribution in [0.5, 0.6) is 0 Å². The molecule has 1 heterocycles. The van der Waals surface area contributed by atoms with Crippen LogP contribution in [0.15, 0.2) is 12.2 Å². The molecule has 0 aromatic carbocycles. The summed E-state index contributed by atoms with van der Waals surface area (Å²) in [6, 6.07) is 0.323. The molecular formula is C10H15NO2. The minimum absolute atomic E-state index is 0.0791. The van der Waals surface area contributed by atoms with Crippen LogP contribution < -0.4 is 5.32 Å². The number of amides is 1. The van der Waals surface area contributed by atoms with Gasteiger partial charge >= 0.3 is 0 Å². The SMILES string of the molecule is CC(=O)/C=C/CCC1CCC(=O)N1. The minimum atomic E-state index is 0.0791. The fraction of sp³-hybridized carbons (Fsp3) is 0.600. The largest absolute Gasteiger partial charge is 0.353 e. The van der Waals surface area contributed by atoms with Crippen molar-refractivity contribution in [3.63, 3.8) is 0 Å². The van der Waals surface area contributed by atoms with E-state index in [4.69, 9.17) is 0 Å². The van der Waals surface area contributed by atoms with Crippen molar-refractivity contribution in [3.05, 3.63) is 12.2 Å². The Morgan fingerprint density at radius 3 is 3.00 bits per heavy atom. The number of allylic oxidation sites excluding steroid dienone is 2. The van der Waals surface area contributed by atoms with Gasteiger partial charge in [-0.1, -0.05) is 6.08 Å². The van der Waals surface area contributed by atoms with E-state index < -0.39 is 0 Å². The molecule has 1 saturated heterocycles. The van der Waals surface area contributed by atoms with Crippen molar-refractivity contribution in [1.82, 2.24) is 5.32 Å². The average Bonchev–Trinajstić information content (AvgIpc) is 2.45. The Morgan fingerprint density at radius 1 is 1.69 bits per heavy atom. The van der Waals surface area contributed by atoms with Gasteiger partial charge in [0.2, 0.25) is 5.91 Å². The molecular weight excluding hydrogens is 166 g/mol. The van der Waals surface area contributed by atoms with Gasteiger partial charge in [-0.2, -0.15) is 0 Å². The fourth-order valence-electron chi connectivity index (χ4n) is 1.44. The Labute approximate surface area is 78.2 Å². The number of ketones is 1. The van der Waals surface area contributed by atoms with Gasteiger partial charge in [0.25, 0.3) is 0 Å². The van der Waals surface area contributed by atoms with Crippen LogP contribution in [0.1, 0.15) is 32.6 Å². The molecule has 1 aliphatic heterocycles. The lowest BCUT2D eigenvalue weighted by Gasteiger charge is -2.06. The van der Waals surface area contributed by atoms with E-state index >= 15 is 0 Å². The third-order valence-corrected chi connectivity index (χ3v) is 2.12. The summed E-state index contributed by atoms with van der Waals surface area (Å²) >= 11 is 0. The summed E-state index contributed by atoms with van der Waals surface area (Å²) in [5.41, 5.74) is 0. The minimum Gasteiger partial charge on any atom is -0.353 e. The van der Waals surface area contributed by atoms with Crippen LogP contribution in [0.25, 0.3) is 0 Å². The van der Waals surface area contributed by atoms with Crippen molar-refractivity contribution in [2.24, 2.45) is 0 Å². The Bertz CT molecular complexity index is 233. The lowest BCUT2D eigenvalue weighted by Crippen LogP contribution is -2.24. The molecule has 0 radical (unpaired) electrons. The number of rotatable bonds is 4. The molecule has 72 valence electrons. The second-order valence-corrected chi connectivity index (χ2v) is 3.39. The number of carbonyl (C=O) groups excluding carboxylic acids is 2. The molecule has 1 unspecified atom stereocenters. The Hall–Kier alpha value is -1.12. The maximum atomic E-state index is 10.8. The quantitative estimate of drug-likeness (QED) is 0.662. The molecule has 0 aromatic heterocycles. The first-order valence-electron chi connectivity index (χ1n) is 4.65. The standard InChI is InChI=1S/C10H15NO2/c1-8(12)4-2-3-5-9-6-7-10(13)11-9/h2,4,9H,3,5-7H2,1H3,(H,11,13)/b4-2+. The summed E-state index contributed by atoms with van der Waals surface area (Å²) in [4.78, 5) is 21.3. The van der Waals surface area contributed by atoms with Gasteiger partial charge in [-0.05, 0) is 32.3 Å².